The van der Waals surface area contributed by atoms with Crippen LogP contribution in [0.2, 0.25) is 0 Å². The van der Waals surface area contributed by atoms with Gasteiger partial charge >= 0.3 is 18.2 Å². The van der Waals surface area contributed by atoms with Crippen LogP contribution in [0.5, 0.6) is 5.75 Å². The topological polar surface area (TPSA) is 134 Å². The molecule has 11 heteroatoms. The molecule has 0 bridgehead atoms. The Bertz CT molecular complexity index is 1450. The van der Waals surface area contributed by atoms with Gasteiger partial charge in [-0.2, -0.15) is 0 Å². The predicted molar refractivity (Wildman–Crippen MR) is 164 cm³/mol. The Morgan fingerprint density at radius 3 is 2.34 bits per heavy atom. The number of ether oxygens (including phenoxy) is 4. The fourth-order valence-corrected chi connectivity index (χ4v) is 4.32. The molecule has 11 nitrogen and oxygen atoms in total. The van der Waals surface area contributed by atoms with Crippen LogP contribution in [0.15, 0.2) is 63.8 Å². The third kappa shape index (κ3) is 9.75. The van der Waals surface area contributed by atoms with E-state index < -0.39 is 46.1 Å². The van der Waals surface area contributed by atoms with E-state index in [9.17, 15) is 19.2 Å². The van der Waals surface area contributed by atoms with Crippen LogP contribution in [-0.4, -0.2) is 59.5 Å². The maximum absolute atomic E-state index is 13.2. The van der Waals surface area contributed by atoms with E-state index in [2.05, 4.69) is 5.32 Å². The number of carbonyl (C=O) groups excluding carboxylic acids is 3. The molecule has 0 aliphatic carbocycles. The van der Waals surface area contributed by atoms with E-state index in [1.54, 1.807) is 47.6 Å². The zero-order chi connectivity index (χ0) is 32.7. The van der Waals surface area contributed by atoms with Crippen molar-refractivity contribution in [1.29, 1.82) is 0 Å². The first-order valence-electron chi connectivity index (χ1n) is 14.3. The maximum Gasteiger partial charge on any atom is 0.410 e. The van der Waals surface area contributed by atoms with Crippen LogP contribution in [0.25, 0.3) is 6.08 Å². The second kappa shape index (κ2) is 13.8. The minimum Gasteiger partial charge on any atom is -0.481 e. The number of rotatable bonds is 7. The lowest BCUT2D eigenvalue weighted by molar-refractivity contribution is 0.0149. The summed E-state index contributed by atoms with van der Waals surface area (Å²) in [4.78, 5) is 53.5. The molecule has 2 heterocycles. The summed E-state index contributed by atoms with van der Waals surface area (Å²) in [5.41, 5.74) is -2.57. The van der Waals surface area contributed by atoms with Crippen molar-refractivity contribution in [3.8, 4) is 5.75 Å². The Kier molecular flexibility index (Phi) is 10.7. The Morgan fingerprint density at radius 1 is 1.07 bits per heavy atom. The average Bonchev–Trinajstić information content (AvgIpc) is 3.08. The smallest absolute Gasteiger partial charge is 0.410 e. The number of nitrogens with zero attached hydrogens (tertiary/aromatic N) is 1. The molecule has 1 aliphatic heterocycles. The molecular weight excluding hydrogens is 568 g/mol. The van der Waals surface area contributed by atoms with Crippen LogP contribution in [0.4, 0.5) is 9.59 Å². The van der Waals surface area contributed by atoms with Crippen molar-refractivity contribution in [2.45, 2.75) is 84.3 Å². The standard InChI is InChI=1S/C33H42N2O9/c1-22-13-12-17-33(34-29(38)43-31(2,3)4,21-35(22)30(39)44-32(5,6)7)18-16-24-19-25(36)26(27(42-24)28(37)40-8)41-20-23-14-10-9-11-15-23/h9-16,18-19,22H,17,20-21H2,1-8H3,(H,34,38)/t22-,33+/m0/s1. The number of methoxy groups -OCH3 is 1. The van der Waals surface area contributed by atoms with Crippen LogP contribution in [0.3, 0.4) is 0 Å². The first-order valence-corrected chi connectivity index (χ1v) is 14.3. The van der Waals surface area contributed by atoms with E-state index in [1.165, 1.54) is 17.0 Å². The Morgan fingerprint density at radius 2 is 1.73 bits per heavy atom. The summed E-state index contributed by atoms with van der Waals surface area (Å²) >= 11 is 0. The summed E-state index contributed by atoms with van der Waals surface area (Å²) in [6.07, 6.45) is 5.70. The van der Waals surface area contributed by atoms with Gasteiger partial charge < -0.3 is 28.7 Å². The SMILES string of the molecule is COC(=O)c1oc(C=C[C@]2(NC(=O)OC(C)(C)C)CC=C[C@H](C)N(C(=O)OC(C)(C)C)C2)cc(=O)c1OCc1ccccc1. The zero-order valence-electron chi connectivity index (χ0n) is 26.6. The van der Waals surface area contributed by atoms with Crippen molar-refractivity contribution in [2.24, 2.45) is 0 Å². The molecule has 1 N–H and O–H groups in total. The van der Waals surface area contributed by atoms with E-state index >= 15 is 0 Å². The summed E-state index contributed by atoms with van der Waals surface area (Å²) in [6, 6.07) is 9.94. The third-order valence-corrected chi connectivity index (χ3v) is 6.31. The Balaban J connectivity index is 2.03. The number of alkyl carbamates (subject to hydrolysis) is 1. The number of benzene rings is 1. The van der Waals surface area contributed by atoms with E-state index in [0.717, 1.165) is 12.7 Å². The van der Waals surface area contributed by atoms with E-state index in [0.29, 0.717) is 0 Å². The quantitative estimate of drug-likeness (QED) is 0.232. The molecule has 0 saturated heterocycles. The van der Waals surface area contributed by atoms with Crippen molar-refractivity contribution in [1.82, 2.24) is 10.2 Å². The van der Waals surface area contributed by atoms with Crippen molar-refractivity contribution < 1.29 is 37.7 Å². The molecule has 0 saturated carbocycles. The largest absolute Gasteiger partial charge is 0.481 e. The summed E-state index contributed by atoms with van der Waals surface area (Å²) in [7, 11) is 1.16. The summed E-state index contributed by atoms with van der Waals surface area (Å²) in [6.45, 7) is 12.4. The van der Waals surface area contributed by atoms with Crippen LogP contribution >= 0.6 is 0 Å². The predicted octanol–water partition coefficient (Wildman–Crippen LogP) is 5.87. The molecule has 2 aromatic rings. The van der Waals surface area contributed by atoms with Gasteiger partial charge in [0, 0.05) is 6.07 Å². The normalized spacial score (nSPS) is 18.8. The van der Waals surface area contributed by atoms with Gasteiger partial charge in [0.1, 0.15) is 23.6 Å². The van der Waals surface area contributed by atoms with E-state index in [4.69, 9.17) is 23.4 Å². The highest BCUT2D eigenvalue weighted by Crippen LogP contribution is 2.27. The Hall–Kier alpha value is -4.54. The number of hydrogen-bond donors (Lipinski definition) is 1. The second-order valence-corrected chi connectivity index (χ2v) is 12.5. The van der Waals surface area contributed by atoms with Gasteiger partial charge in [0.05, 0.1) is 25.2 Å². The first kappa shape index (κ1) is 34.0. The molecule has 1 aliphatic rings. The molecule has 0 fully saturated rings. The second-order valence-electron chi connectivity index (χ2n) is 12.5. The molecule has 2 amide bonds. The van der Waals surface area contributed by atoms with Gasteiger partial charge in [-0.1, -0.05) is 48.6 Å². The minimum absolute atomic E-state index is 0.00180. The molecule has 0 unspecified atom stereocenters. The van der Waals surface area contributed by atoms with Gasteiger partial charge in [0.25, 0.3) is 5.76 Å². The molecular formula is C33H42N2O9. The fraction of sp³-hybridized carbons (Fsp3) is 0.455. The summed E-state index contributed by atoms with van der Waals surface area (Å²) in [5, 5.41) is 2.90. The van der Waals surface area contributed by atoms with Gasteiger partial charge in [-0.05, 0) is 66.5 Å². The zero-order valence-corrected chi connectivity index (χ0v) is 26.6. The van der Waals surface area contributed by atoms with E-state index in [1.807, 2.05) is 49.4 Å². The van der Waals surface area contributed by atoms with Gasteiger partial charge in [-0.15, -0.1) is 0 Å². The van der Waals surface area contributed by atoms with Crippen molar-refractivity contribution in [2.75, 3.05) is 13.7 Å². The number of nitrogens with one attached hydrogen (secondary N) is 1. The summed E-state index contributed by atoms with van der Waals surface area (Å²) in [5.74, 6) is -1.60. The van der Waals surface area contributed by atoms with Crippen LogP contribution in [0.1, 0.15) is 76.8 Å². The number of esters is 1. The highest BCUT2D eigenvalue weighted by molar-refractivity contribution is 5.89. The van der Waals surface area contributed by atoms with Crippen LogP contribution in [0, 0.1) is 0 Å². The van der Waals surface area contributed by atoms with Crippen molar-refractivity contribution in [3.63, 3.8) is 0 Å². The first-order chi connectivity index (χ1) is 20.5. The van der Waals surface area contributed by atoms with Gasteiger partial charge in [-0.3, -0.25) is 9.69 Å². The highest BCUT2D eigenvalue weighted by atomic mass is 16.6. The van der Waals surface area contributed by atoms with Crippen LogP contribution in [-0.2, 0) is 20.8 Å². The van der Waals surface area contributed by atoms with Crippen molar-refractivity contribution >= 4 is 24.2 Å². The number of hydrogen-bond acceptors (Lipinski definition) is 9. The summed E-state index contributed by atoms with van der Waals surface area (Å²) < 4.78 is 27.5. The molecule has 44 heavy (non-hydrogen) atoms. The van der Waals surface area contributed by atoms with E-state index in [-0.39, 0.29) is 37.1 Å². The minimum atomic E-state index is -1.22. The molecule has 0 radical (unpaired) electrons. The van der Waals surface area contributed by atoms with Crippen LogP contribution < -0.4 is 15.5 Å². The number of amides is 2. The molecule has 238 valence electrons. The number of carbonyl (C=O) groups is 3. The third-order valence-electron chi connectivity index (χ3n) is 6.31. The average molecular weight is 611 g/mol. The molecule has 1 aromatic carbocycles. The lowest BCUT2D eigenvalue weighted by Crippen LogP contribution is -2.57. The molecule has 0 spiro atoms. The monoisotopic (exact) mass is 610 g/mol. The Labute approximate surface area is 257 Å². The lowest BCUT2D eigenvalue weighted by atomic mass is 9.94. The van der Waals surface area contributed by atoms with Gasteiger partial charge in [0.2, 0.25) is 11.2 Å². The highest BCUT2D eigenvalue weighted by Gasteiger charge is 2.38. The molecule has 2 atom stereocenters. The molecule has 3 rings (SSSR count). The fourth-order valence-electron chi connectivity index (χ4n) is 4.32. The van der Waals surface area contributed by atoms with Gasteiger partial charge in [-0.25, -0.2) is 14.4 Å². The van der Waals surface area contributed by atoms with Crippen molar-refractivity contribution in [3.05, 3.63) is 81.9 Å². The lowest BCUT2D eigenvalue weighted by Gasteiger charge is -2.37. The molecule has 1 aromatic heterocycles. The maximum atomic E-state index is 13.2. The van der Waals surface area contributed by atoms with Gasteiger partial charge in [0.15, 0.2) is 0 Å².